The summed E-state index contributed by atoms with van der Waals surface area (Å²) < 4.78 is 2.05. The summed E-state index contributed by atoms with van der Waals surface area (Å²) in [5.41, 5.74) is 1.64. The van der Waals surface area contributed by atoms with E-state index in [9.17, 15) is 4.79 Å². The molecule has 0 radical (unpaired) electrons. The smallest absolute Gasteiger partial charge is 0.168 e. The minimum absolute atomic E-state index is 0.138. The molecule has 0 unspecified atom stereocenters. The maximum absolute atomic E-state index is 12.3. The van der Waals surface area contributed by atoms with Crippen LogP contribution in [0.1, 0.15) is 47.8 Å². The van der Waals surface area contributed by atoms with Gasteiger partial charge in [-0.25, -0.2) is 0 Å². The third kappa shape index (κ3) is 3.38. The highest BCUT2D eigenvalue weighted by molar-refractivity contribution is 7.98. The van der Waals surface area contributed by atoms with Crippen LogP contribution in [0.3, 0.4) is 0 Å². The maximum atomic E-state index is 12.3. The number of hydrogen-bond donors (Lipinski definition) is 0. The van der Waals surface area contributed by atoms with Crippen LogP contribution >= 0.6 is 11.8 Å². The van der Waals surface area contributed by atoms with Gasteiger partial charge >= 0.3 is 0 Å². The zero-order chi connectivity index (χ0) is 14.7. The number of rotatable bonds is 5. The Balaban J connectivity index is 1.66. The minimum Gasteiger partial charge on any atom is -0.294 e. The fraction of sp³-hybridized carbons (Fsp3) is 0.412. The summed E-state index contributed by atoms with van der Waals surface area (Å²) in [6.45, 7) is 0. The van der Waals surface area contributed by atoms with Gasteiger partial charge in [0, 0.05) is 16.7 Å². The average Bonchev–Trinajstić information content (AvgIpc) is 3.18. The molecule has 1 saturated carbocycles. The van der Waals surface area contributed by atoms with E-state index in [4.69, 9.17) is 0 Å². The topological polar surface area (TPSA) is 34.9 Å². The highest BCUT2D eigenvalue weighted by atomic mass is 32.2. The molecule has 1 aliphatic rings. The second-order valence-electron chi connectivity index (χ2n) is 5.55. The summed E-state index contributed by atoms with van der Waals surface area (Å²) in [5.74, 6) is 0.138. The standard InChI is InChI=1S/C17H20N2OS/c1-21-16-8-6-13(7-9-16)17(20)12-14-10-11-19(18-14)15-4-2-3-5-15/h6-11,15H,2-5,12H2,1H3. The molecular weight excluding hydrogens is 280 g/mol. The molecule has 1 heterocycles. The zero-order valence-electron chi connectivity index (χ0n) is 12.3. The van der Waals surface area contributed by atoms with Crippen molar-refractivity contribution in [2.24, 2.45) is 0 Å². The predicted molar refractivity (Wildman–Crippen MR) is 86.0 cm³/mol. The molecule has 1 fully saturated rings. The number of nitrogens with zero attached hydrogens (tertiary/aromatic N) is 2. The van der Waals surface area contributed by atoms with Gasteiger partial charge in [0.05, 0.1) is 18.2 Å². The van der Waals surface area contributed by atoms with Gasteiger partial charge in [0.1, 0.15) is 0 Å². The van der Waals surface area contributed by atoms with Crippen LogP contribution in [0.2, 0.25) is 0 Å². The van der Waals surface area contributed by atoms with Gasteiger partial charge in [0.25, 0.3) is 0 Å². The minimum atomic E-state index is 0.138. The average molecular weight is 300 g/mol. The van der Waals surface area contributed by atoms with Crippen molar-refractivity contribution in [1.29, 1.82) is 0 Å². The second kappa shape index (κ2) is 6.48. The first-order chi connectivity index (χ1) is 10.3. The predicted octanol–water partition coefficient (Wildman–Crippen LogP) is 4.15. The molecule has 1 aliphatic carbocycles. The van der Waals surface area contributed by atoms with Crippen LogP contribution < -0.4 is 0 Å². The van der Waals surface area contributed by atoms with Gasteiger partial charge < -0.3 is 0 Å². The lowest BCUT2D eigenvalue weighted by Crippen LogP contribution is -2.08. The summed E-state index contributed by atoms with van der Waals surface area (Å²) in [6, 6.07) is 10.3. The van der Waals surface area contributed by atoms with E-state index in [0.717, 1.165) is 11.3 Å². The lowest BCUT2D eigenvalue weighted by Gasteiger charge is -2.08. The molecule has 110 valence electrons. The number of Topliss-reactive ketones (excluding diaryl/α,β-unsaturated/α-hetero) is 1. The molecule has 0 N–H and O–H groups in total. The van der Waals surface area contributed by atoms with Crippen LogP contribution in [0.4, 0.5) is 0 Å². The molecule has 0 spiro atoms. The second-order valence-corrected chi connectivity index (χ2v) is 6.43. The molecule has 4 heteroatoms. The first-order valence-corrected chi connectivity index (χ1v) is 8.70. The van der Waals surface area contributed by atoms with E-state index in [1.54, 1.807) is 11.8 Å². The summed E-state index contributed by atoms with van der Waals surface area (Å²) in [7, 11) is 0. The Bertz CT molecular complexity index is 612. The molecule has 3 nitrogen and oxygen atoms in total. The lowest BCUT2D eigenvalue weighted by molar-refractivity contribution is 0.0991. The normalized spacial score (nSPS) is 15.5. The zero-order valence-corrected chi connectivity index (χ0v) is 13.1. The van der Waals surface area contributed by atoms with Crippen molar-refractivity contribution in [3.63, 3.8) is 0 Å². The van der Waals surface area contributed by atoms with Gasteiger partial charge in [-0.2, -0.15) is 5.10 Å². The summed E-state index contributed by atoms with van der Waals surface area (Å²) in [6.07, 6.45) is 9.46. The number of carbonyl (C=O) groups is 1. The van der Waals surface area contributed by atoms with Crippen LogP contribution in [0.15, 0.2) is 41.4 Å². The van der Waals surface area contributed by atoms with Gasteiger partial charge in [0.15, 0.2) is 5.78 Å². The van der Waals surface area contributed by atoms with E-state index in [1.165, 1.54) is 30.6 Å². The van der Waals surface area contributed by atoms with E-state index in [2.05, 4.69) is 5.10 Å². The van der Waals surface area contributed by atoms with Gasteiger partial charge in [-0.3, -0.25) is 9.48 Å². The SMILES string of the molecule is CSc1ccc(C(=O)Cc2ccn(C3CCCC3)n2)cc1. The number of thioether (sulfide) groups is 1. The number of hydrogen-bond acceptors (Lipinski definition) is 3. The number of aromatic nitrogens is 2. The Kier molecular flexibility index (Phi) is 4.44. The molecule has 0 amide bonds. The molecule has 3 rings (SSSR count). The summed E-state index contributed by atoms with van der Waals surface area (Å²) in [5, 5.41) is 4.58. The number of ketones is 1. The summed E-state index contributed by atoms with van der Waals surface area (Å²) >= 11 is 1.68. The monoisotopic (exact) mass is 300 g/mol. The lowest BCUT2D eigenvalue weighted by atomic mass is 10.1. The third-order valence-corrected chi connectivity index (χ3v) is 4.86. The fourth-order valence-electron chi connectivity index (χ4n) is 2.89. The highest BCUT2D eigenvalue weighted by Crippen LogP contribution is 2.28. The number of benzene rings is 1. The van der Waals surface area contributed by atoms with Crippen molar-refractivity contribution in [3.8, 4) is 0 Å². The van der Waals surface area contributed by atoms with Crippen molar-refractivity contribution < 1.29 is 4.79 Å². The van der Waals surface area contributed by atoms with Crippen LogP contribution in [0.5, 0.6) is 0 Å². The van der Waals surface area contributed by atoms with Crippen molar-refractivity contribution >= 4 is 17.5 Å². The van der Waals surface area contributed by atoms with Crippen LogP contribution in [0.25, 0.3) is 0 Å². The molecular formula is C17H20N2OS. The van der Waals surface area contributed by atoms with Gasteiger partial charge in [0.2, 0.25) is 0 Å². The Morgan fingerprint density at radius 3 is 2.62 bits per heavy atom. The highest BCUT2D eigenvalue weighted by Gasteiger charge is 2.18. The van der Waals surface area contributed by atoms with E-state index in [0.29, 0.717) is 12.5 Å². The van der Waals surface area contributed by atoms with E-state index < -0.39 is 0 Å². The molecule has 1 aromatic heterocycles. The first-order valence-electron chi connectivity index (χ1n) is 7.47. The molecule has 0 aliphatic heterocycles. The largest absolute Gasteiger partial charge is 0.294 e. The van der Waals surface area contributed by atoms with Crippen LogP contribution in [0, 0.1) is 0 Å². The number of carbonyl (C=O) groups excluding carboxylic acids is 1. The summed E-state index contributed by atoms with van der Waals surface area (Å²) in [4.78, 5) is 13.5. The Labute approximate surface area is 129 Å². The Morgan fingerprint density at radius 2 is 1.95 bits per heavy atom. The van der Waals surface area contributed by atoms with Crippen molar-refractivity contribution in [1.82, 2.24) is 9.78 Å². The van der Waals surface area contributed by atoms with Gasteiger partial charge in [-0.1, -0.05) is 25.0 Å². The van der Waals surface area contributed by atoms with Crippen molar-refractivity contribution in [2.75, 3.05) is 6.26 Å². The molecule has 21 heavy (non-hydrogen) atoms. The molecule has 0 bridgehead atoms. The van der Waals surface area contributed by atoms with Crippen LogP contribution in [-0.4, -0.2) is 21.8 Å². The van der Waals surface area contributed by atoms with Crippen molar-refractivity contribution in [2.45, 2.75) is 43.0 Å². The Hall–Kier alpha value is -1.55. The van der Waals surface area contributed by atoms with E-state index in [-0.39, 0.29) is 5.78 Å². The first kappa shape index (κ1) is 14.4. The molecule has 0 atom stereocenters. The van der Waals surface area contributed by atoms with E-state index >= 15 is 0 Å². The molecule has 2 aromatic rings. The third-order valence-electron chi connectivity index (χ3n) is 4.12. The van der Waals surface area contributed by atoms with Gasteiger partial charge in [-0.05, 0) is 37.3 Å². The fourth-order valence-corrected chi connectivity index (χ4v) is 3.30. The molecule has 1 aromatic carbocycles. The Morgan fingerprint density at radius 1 is 1.24 bits per heavy atom. The maximum Gasteiger partial charge on any atom is 0.168 e. The molecule has 0 saturated heterocycles. The quantitative estimate of drug-likeness (QED) is 0.614. The van der Waals surface area contributed by atoms with Gasteiger partial charge in [-0.15, -0.1) is 11.8 Å². The van der Waals surface area contributed by atoms with Crippen molar-refractivity contribution in [3.05, 3.63) is 47.8 Å². The van der Waals surface area contributed by atoms with E-state index in [1.807, 2.05) is 47.5 Å². The van der Waals surface area contributed by atoms with Crippen LogP contribution in [-0.2, 0) is 6.42 Å².